The van der Waals surface area contributed by atoms with Crippen LogP contribution in [0.4, 0.5) is 0 Å². The fourth-order valence-corrected chi connectivity index (χ4v) is 4.28. The highest BCUT2D eigenvalue weighted by molar-refractivity contribution is 9.10. The molecule has 1 saturated heterocycles. The van der Waals surface area contributed by atoms with Crippen molar-refractivity contribution in [2.75, 3.05) is 13.1 Å². The van der Waals surface area contributed by atoms with Gasteiger partial charge in [-0.2, -0.15) is 0 Å². The number of halogens is 1. The van der Waals surface area contributed by atoms with Crippen LogP contribution in [0.3, 0.4) is 0 Å². The van der Waals surface area contributed by atoms with Gasteiger partial charge < -0.3 is 5.32 Å². The van der Waals surface area contributed by atoms with Gasteiger partial charge in [-0.25, -0.2) is 0 Å². The van der Waals surface area contributed by atoms with Gasteiger partial charge in [0.15, 0.2) is 0 Å². The third-order valence-electron chi connectivity index (χ3n) is 4.29. The zero-order valence-electron chi connectivity index (χ0n) is 12.4. The molecule has 0 aliphatic carbocycles. The van der Waals surface area contributed by atoms with Crippen LogP contribution in [0.15, 0.2) is 15.9 Å². The topological polar surface area (TPSA) is 15.3 Å². The maximum atomic E-state index is 3.75. The molecular formula is C15H25BrN2S. The van der Waals surface area contributed by atoms with Gasteiger partial charge in [-0.05, 0) is 41.3 Å². The number of nitrogens with zero attached hydrogens (tertiary/aromatic N) is 1. The van der Waals surface area contributed by atoms with Gasteiger partial charge in [0.25, 0.3) is 0 Å². The van der Waals surface area contributed by atoms with E-state index in [9.17, 15) is 0 Å². The Morgan fingerprint density at radius 3 is 2.84 bits per heavy atom. The van der Waals surface area contributed by atoms with Crippen molar-refractivity contribution in [1.82, 2.24) is 10.2 Å². The van der Waals surface area contributed by atoms with Crippen LogP contribution in [0.25, 0.3) is 0 Å². The zero-order chi connectivity index (χ0) is 14.0. The molecule has 1 aromatic heterocycles. The van der Waals surface area contributed by atoms with Crippen molar-refractivity contribution < 1.29 is 0 Å². The summed E-state index contributed by atoms with van der Waals surface area (Å²) < 4.78 is 1.21. The van der Waals surface area contributed by atoms with Crippen LogP contribution < -0.4 is 5.32 Å². The van der Waals surface area contributed by atoms with E-state index in [1.165, 1.54) is 15.8 Å². The molecule has 1 fully saturated rings. The molecule has 2 atom stereocenters. The first-order valence-electron chi connectivity index (χ1n) is 7.15. The highest BCUT2D eigenvalue weighted by atomic mass is 79.9. The molecule has 0 amide bonds. The lowest BCUT2D eigenvalue weighted by atomic mass is 9.90. The third-order valence-corrected chi connectivity index (χ3v) is 5.97. The Hall–Kier alpha value is 0.1000. The Labute approximate surface area is 129 Å². The molecule has 0 aromatic carbocycles. The standard InChI is InChI=1S/C15H25BrN2S/c1-5-15(4)10-18(14(7-17-15)11(2)3)8-13-6-12(16)9-19-13/h6,9,11,14,17H,5,7-8,10H2,1-4H3. The largest absolute Gasteiger partial charge is 0.309 e. The highest BCUT2D eigenvalue weighted by Crippen LogP contribution is 2.27. The van der Waals surface area contributed by atoms with Crippen LogP contribution in [0, 0.1) is 5.92 Å². The fourth-order valence-electron chi connectivity index (χ4n) is 2.81. The summed E-state index contributed by atoms with van der Waals surface area (Å²) in [6, 6.07) is 2.90. The van der Waals surface area contributed by atoms with Gasteiger partial charge in [-0.3, -0.25) is 4.90 Å². The molecule has 2 unspecified atom stereocenters. The van der Waals surface area contributed by atoms with E-state index in [1.54, 1.807) is 0 Å². The Morgan fingerprint density at radius 2 is 2.32 bits per heavy atom. The molecule has 1 aliphatic heterocycles. The molecule has 0 radical (unpaired) electrons. The van der Waals surface area contributed by atoms with E-state index in [-0.39, 0.29) is 5.54 Å². The van der Waals surface area contributed by atoms with Crippen LogP contribution in [0.5, 0.6) is 0 Å². The maximum absolute atomic E-state index is 3.75. The molecule has 19 heavy (non-hydrogen) atoms. The van der Waals surface area contributed by atoms with Crippen molar-refractivity contribution in [3.63, 3.8) is 0 Å². The Kier molecular flexibility index (Phi) is 5.09. The molecule has 0 spiro atoms. The number of hydrogen-bond acceptors (Lipinski definition) is 3. The lowest BCUT2D eigenvalue weighted by molar-refractivity contribution is 0.0547. The Balaban J connectivity index is 2.11. The summed E-state index contributed by atoms with van der Waals surface area (Å²) in [6.07, 6.45) is 1.18. The van der Waals surface area contributed by atoms with Crippen molar-refractivity contribution in [1.29, 1.82) is 0 Å². The normalized spacial score (nSPS) is 29.1. The minimum atomic E-state index is 0.264. The molecule has 4 heteroatoms. The van der Waals surface area contributed by atoms with E-state index >= 15 is 0 Å². The SMILES string of the molecule is CCC1(C)CN(Cc2cc(Br)cs2)C(C(C)C)CN1. The van der Waals surface area contributed by atoms with Crippen molar-refractivity contribution in [3.8, 4) is 0 Å². The third kappa shape index (κ3) is 3.81. The lowest BCUT2D eigenvalue weighted by Crippen LogP contribution is -2.63. The Morgan fingerprint density at radius 1 is 1.58 bits per heavy atom. The first kappa shape index (κ1) is 15.5. The van der Waals surface area contributed by atoms with Crippen LogP contribution >= 0.6 is 27.3 Å². The number of nitrogens with one attached hydrogen (secondary N) is 1. The molecule has 2 nitrogen and oxygen atoms in total. The van der Waals surface area contributed by atoms with Gasteiger partial charge in [0, 0.05) is 45.9 Å². The fraction of sp³-hybridized carbons (Fsp3) is 0.733. The number of thiophene rings is 1. The summed E-state index contributed by atoms with van der Waals surface area (Å²) >= 11 is 5.41. The van der Waals surface area contributed by atoms with Gasteiger partial charge in [0.05, 0.1) is 0 Å². The first-order valence-corrected chi connectivity index (χ1v) is 8.83. The number of hydrogen-bond donors (Lipinski definition) is 1. The van der Waals surface area contributed by atoms with Crippen LogP contribution in [-0.2, 0) is 6.54 Å². The zero-order valence-corrected chi connectivity index (χ0v) is 14.8. The predicted molar refractivity (Wildman–Crippen MR) is 87.8 cm³/mol. The van der Waals surface area contributed by atoms with E-state index in [4.69, 9.17) is 0 Å². The molecule has 108 valence electrons. The quantitative estimate of drug-likeness (QED) is 0.884. The van der Waals surface area contributed by atoms with E-state index in [1.807, 2.05) is 11.3 Å². The van der Waals surface area contributed by atoms with Crippen molar-refractivity contribution in [2.24, 2.45) is 5.92 Å². The smallest absolute Gasteiger partial charge is 0.0332 e. The van der Waals surface area contributed by atoms with E-state index in [2.05, 4.69) is 65.3 Å². The van der Waals surface area contributed by atoms with Crippen molar-refractivity contribution >= 4 is 27.3 Å². The van der Waals surface area contributed by atoms with Gasteiger partial charge >= 0.3 is 0 Å². The van der Waals surface area contributed by atoms with Gasteiger partial charge in [-0.15, -0.1) is 11.3 Å². The second kappa shape index (κ2) is 6.25. The molecule has 2 heterocycles. The first-order chi connectivity index (χ1) is 8.93. The number of rotatable bonds is 4. The molecule has 0 bridgehead atoms. The summed E-state index contributed by atoms with van der Waals surface area (Å²) in [6.45, 7) is 12.6. The van der Waals surface area contributed by atoms with E-state index in [0.29, 0.717) is 12.0 Å². The van der Waals surface area contributed by atoms with Crippen LogP contribution in [0.1, 0.15) is 39.0 Å². The van der Waals surface area contributed by atoms with Gasteiger partial charge in [0.2, 0.25) is 0 Å². The molecule has 0 saturated carbocycles. The van der Waals surface area contributed by atoms with Crippen molar-refractivity contribution in [3.05, 3.63) is 20.8 Å². The lowest BCUT2D eigenvalue weighted by Gasteiger charge is -2.47. The monoisotopic (exact) mass is 344 g/mol. The summed E-state index contributed by atoms with van der Waals surface area (Å²) in [4.78, 5) is 4.13. The summed E-state index contributed by atoms with van der Waals surface area (Å²) in [5, 5.41) is 5.93. The average Bonchev–Trinajstić information content (AvgIpc) is 2.74. The molecule has 2 rings (SSSR count). The summed E-state index contributed by atoms with van der Waals surface area (Å²) in [5.74, 6) is 0.692. The average molecular weight is 345 g/mol. The minimum Gasteiger partial charge on any atom is -0.309 e. The molecule has 1 aromatic rings. The second-order valence-electron chi connectivity index (χ2n) is 6.24. The van der Waals surface area contributed by atoms with Crippen molar-refractivity contribution in [2.45, 2.75) is 52.2 Å². The maximum Gasteiger partial charge on any atom is 0.0332 e. The van der Waals surface area contributed by atoms with Gasteiger partial charge in [-0.1, -0.05) is 20.8 Å². The van der Waals surface area contributed by atoms with Gasteiger partial charge in [0.1, 0.15) is 0 Å². The predicted octanol–water partition coefficient (Wildman–Crippen LogP) is 4.11. The molecule has 1 N–H and O–H groups in total. The van der Waals surface area contributed by atoms with Crippen LogP contribution in [0.2, 0.25) is 0 Å². The van der Waals surface area contributed by atoms with E-state index in [0.717, 1.165) is 19.6 Å². The molecular weight excluding hydrogens is 320 g/mol. The molecule has 1 aliphatic rings. The highest BCUT2D eigenvalue weighted by Gasteiger charge is 2.35. The minimum absolute atomic E-state index is 0.264. The van der Waals surface area contributed by atoms with E-state index < -0.39 is 0 Å². The van der Waals surface area contributed by atoms with Crippen LogP contribution in [-0.4, -0.2) is 29.6 Å². The summed E-state index contributed by atoms with van der Waals surface area (Å²) in [5.41, 5.74) is 0.264. The number of piperazine rings is 1. The summed E-state index contributed by atoms with van der Waals surface area (Å²) in [7, 11) is 0. The Bertz CT molecular complexity index is 418. The second-order valence-corrected chi connectivity index (χ2v) is 8.15.